The Morgan fingerprint density at radius 2 is 2.07 bits per heavy atom. The molecule has 0 fully saturated rings. The first-order chi connectivity index (χ1) is 7.08. The van der Waals surface area contributed by atoms with E-state index in [-0.39, 0.29) is 6.10 Å². The molecule has 2 heterocycles. The molecule has 0 radical (unpaired) electrons. The van der Waals surface area contributed by atoms with Crippen LogP contribution in [-0.2, 0) is 0 Å². The van der Waals surface area contributed by atoms with E-state index in [9.17, 15) is 0 Å². The average Bonchev–Trinajstić information content (AvgIpc) is 2.41. The first-order valence-corrected chi connectivity index (χ1v) is 5.20. The first-order valence-electron chi connectivity index (χ1n) is 5.20. The van der Waals surface area contributed by atoms with Crippen molar-refractivity contribution in [1.29, 1.82) is 0 Å². The highest BCUT2D eigenvalue weighted by Gasteiger charge is 2.05. The van der Waals surface area contributed by atoms with E-state index >= 15 is 0 Å². The number of pyridine rings is 1. The van der Waals surface area contributed by atoms with Crippen LogP contribution in [0.4, 0.5) is 0 Å². The number of imidazole rings is 1. The molecule has 0 aromatic carbocycles. The number of rotatable bonds is 2. The van der Waals surface area contributed by atoms with Crippen LogP contribution in [0.3, 0.4) is 0 Å². The molecule has 80 valence electrons. The van der Waals surface area contributed by atoms with Crippen LogP contribution >= 0.6 is 0 Å². The lowest BCUT2D eigenvalue weighted by Crippen LogP contribution is -2.05. The summed E-state index contributed by atoms with van der Waals surface area (Å²) in [5.41, 5.74) is 3.20. The molecule has 0 spiro atoms. The van der Waals surface area contributed by atoms with Crippen LogP contribution in [0.25, 0.3) is 5.65 Å². The number of hydrogen-bond acceptors (Lipinski definition) is 2. The molecule has 2 aromatic rings. The van der Waals surface area contributed by atoms with Gasteiger partial charge in [-0.3, -0.25) is 0 Å². The van der Waals surface area contributed by atoms with Gasteiger partial charge < -0.3 is 9.14 Å². The number of hydrogen-bond donors (Lipinski definition) is 0. The Kier molecular flexibility index (Phi) is 2.39. The third-order valence-electron chi connectivity index (χ3n) is 2.45. The minimum atomic E-state index is 0.199. The normalized spacial score (nSPS) is 11.3. The number of nitrogens with zero attached hydrogens (tertiary/aromatic N) is 2. The number of aromatic nitrogens is 2. The Labute approximate surface area is 89.7 Å². The molecule has 0 saturated heterocycles. The third kappa shape index (κ3) is 1.82. The van der Waals surface area contributed by atoms with Crippen LogP contribution in [-0.4, -0.2) is 15.5 Å². The Bertz CT molecular complexity index is 486. The highest BCUT2D eigenvalue weighted by atomic mass is 16.5. The number of aryl methyl sites for hydroxylation is 2. The average molecular weight is 204 g/mol. The summed E-state index contributed by atoms with van der Waals surface area (Å²) in [7, 11) is 0. The molecule has 3 heteroatoms. The third-order valence-corrected chi connectivity index (χ3v) is 2.45. The van der Waals surface area contributed by atoms with E-state index in [4.69, 9.17) is 4.74 Å². The smallest absolute Gasteiger partial charge is 0.140 e. The van der Waals surface area contributed by atoms with E-state index in [1.807, 2.05) is 39.1 Å². The zero-order valence-corrected chi connectivity index (χ0v) is 9.61. The lowest BCUT2D eigenvalue weighted by Gasteiger charge is -2.09. The molecule has 0 N–H and O–H groups in total. The molecular weight excluding hydrogens is 188 g/mol. The van der Waals surface area contributed by atoms with Gasteiger partial charge in [-0.25, -0.2) is 4.98 Å². The standard InChI is InChI=1S/C12H16N2O/c1-8(2)15-11-5-6-14-10(4)9(3)13-12(14)7-11/h5-8H,1-4H3. The monoisotopic (exact) mass is 204 g/mol. The fourth-order valence-electron chi connectivity index (χ4n) is 1.61. The molecular formula is C12H16N2O. The highest BCUT2D eigenvalue weighted by molar-refractivity contribution is 5.47. The molecule has 0 aliphatic rings. The summed E-state index contributed by atoms with van der Waals surface area (Å²) in [6.45, 7) is 8.13. The van der Waals surface area contributed by atoms with Gasteiger partial charge in [0.15, 0.2) is 0 Å². The maximum Gasteiger partial charge on any atom is 0.140 e. The first kappa shape index (κ1) is 10.0. The number of ether oxygens (including phenoxy) is 1. The maximum atomic E-state index is 5.62. The van der Waals surface area contributed by atoms with E-state index < -0.39 is 0 Å². The number of fused-ring (bicyclic) bond motifs is 1. The summed E-state index contributed by atoms with van der Waals surface area (Å²) in [4.78, 5) is 4.46. The molecule has 3 nitrogen and oxygen atoms in total. The van der Waals surface area contributed by atoms with Crippen LogP contribution in [0.1, 0.15) is 25.2 Å². The van der Waals surface area contributed by atoms with Crippen molar-refractivity contribution in [3.63, 3.8) is 0 Å². The largest absolute Gasteiger partial charge is 0.491 e. The zero-order valence-electron chi connectivity index (χ0n) is 9.61. The molecule has 0 aliphatic heterocycles. The molecule has 2 rings (SSSR count). The topological polar surface area (TPSA) is 26.5 Å². The molecule has 0 unspecified atom stereocenters. The van der Waals surface area contributed by atoms with Gasteiger partial charge in [0.05, 0.1) is 11.8 Å². The van der Waals surface area contributed by atoms with Gasteiger partial charge in [-0.2, -0.15) is 0 Å². The Balaban J connectivity index is 2.47. The van der Waals surface area contributed by atoms with Crippen molar-refractivity contribution in [2.24, 2.45) is 0 Å². The summed E-state index contributed by atoms with van der Waals surface area (Å²) >= 11 is 0. The summed E-state index contributed by atoms with van der Waals surface area (Å²) in [5, 5.41) is 0. The molecule has 0 saturated carbocycles. The van der Waals surface area contributed by atoms with Gasteiger partial charge in [-0.1, -0.05) is 0 Å². The van der Waals surface area contributed by atoms with Crippen LogP contribution < -0.4 is 4.74 Å². The maximum absolute atomic E-state index is 5.62. The molecule has 0 atom stereocenters. The van der Waals surface area contributed by atoms with E-state index in [1.165, 1.54) is 5.69 Å². The minimum Gasteiger partial charge on any atom is -0.491 e. The van der Waals surface area contributed by atoms with Crippen LogP contribution in [0.2, 0.25) is 0 Å². The van der Waals surface area contributed by atoms with Gasteiger partial charge in [0.1, 0.15) is 11.4 Å². The van der Waals surface area contributed by atoms with Gasteiger partial charge in [-0.15, -0.1) is 0 Å². The van der Waals surface area contributed by atoms with Crippen LogP contribution in [0.5, 0.6) is 5.75 Å². The van der Waals surface area contributed by atoms with Crippen molar-refractivity contribution in [3.8, 4) is 5.75 Å². The van der Waals surface area contributed by atoms with E-state index in [1.54, 1.807) is 0 Å². The van der Waals surface area contributed by atoms with Crippen LogP contribution in [0, 0.1) is 13.8 Å². The summed E-state index contributed by atoms with van der Waals surface area (Å²) in [6, 6.07) is 3.95. The quantitative estimate of drug-likeness (QED) is 0.752. The lowest BCUT2D eigenvalue weighted by atomic mass is 10.4. The molecule has 2 aromatic heterocycles. The minimum absolute atomic E-state index is 0.199. The van der Waals surface area contributed by atoms with Crippen molar-refractivity contribution >= 4 is 5.65 Å². The van der Waals surface area contributed by atoms with Crippen molar-refractivity contribution in [2.45, 2.75) is 33.8 Å². The molecule has 0 bridgehead atoms. The Morgan fingerprint density at radius 3 is 2.73 bits per heavy atom. The summed E-state index contributed by atoms with van der Waals surface area (Å²) in [5.74, 6) is 0.877. The van der Waals surface area contributed by atoms with Crippen LogP contribution in [0.15, 0.2) is 18.3 Å². The van der Waals surface area contributed by atoms with Gasteiger partial charge >= 0.3 is 0 Å². The fourth-order valence-corrected chi connectivity index (χ4v) is 1.61. The molecule has 15 heavy (non-hydrogen) atoms. The van der Waals surface area contributed by atoms with Crippen molar-refractivity contribution in [1.82, 2.24) is 9.38 Å². The predicted molar refractivity (Wildman–Crippen MR) is 60.4 cm³/mol. The SMILES string of the molecule is Cc1nc2cc(OC(C)C)ccn2c1C. The van der Waals surface area contributed by atoms with E-state index in [0.29, 0.717) is 0 Å². The van der Waals surface area contributed by atoms with Gasteiger partial charge in [-0.05, 0) is 33.8 Å². The molecule has 0 amide bonds. The van der Waals surface area contributed by atoms with Gasteiger partial charge in [0.25, 0.3) is 0 Å². The second-order valence-corrected chi connectivity index (χ2v) is 4.04. The second kappa shape index (κ2) is 3.57. The summed E-state index contributed by atoms with van der Waals surface area (Å²) < 4.78 is 7.69. The van der Waals surface area contributed by atoms with E-state index in [0.717, 1.165) is 17.1 Å². The highest BCUT2D eigenvalue weighted by Crippen LogP contribution is 2.18. The van der Waals surface area contributed by atoms with Crippen molar-refractivity contribution < 1.29 is 4.74 Å². The summed E-state index contributed by atoms with van der Waals surface area (Å²) in [6.07, 6.45) is 2.20. The Morgan fingerprint density at radius 1 is 1.33 bits per heavy atom. The van der Waals surface area contributed by atoms with Crippen molar-refractivity contribution in [2.75, 3.05) is 0 Å². The van der Waals surface area contributed by atoms with E-state index in [2.05, 4.69) is 16.3 Å². The van der Waals surface area contributed by atoms with Crippen molar-refractivity contribution in [3.05, 3.63) is 29.7 Å². The lowest BCUT2D eigenvalue weighted by molar-refractivity contribution is 0.242. The fraction of sp³-hybridized carbons (Fsp3) is 0.417. The Hall–Kier alpha value is -1.51. The zero-order chi connectivity index (χ0) is 11.0. The van der Waals surface area contributed by atoms with Gasteiger partial charge in [0, 0.05) is 18.0 Å². The molecule has 0 aliphatic carbocycles. The second-order valence-electron chi connectivity index (χ2n) is 4.04. The van der Waals surface area contributed by atoms with Gasteiger partial charge in [0.2, 0.25) is 0 Å². The predicted octanol–water partition coefficient (Wildman–Crippen LogP) is 2.74.